The van der Waals surface area contributed by atoms with Crippen molar-refractivity contribution in [2.75, 3.05) is 6.61 Å². The Labute approximate surface area is 120 Å². The van der Waals surface area contributed by atoms with E-state index >= 15 is 0 Å². The average Bonchev–Trinajstić information content (AvgIpc) is 2.86. The molecular weight excluding hydrogens is 284 g/mol. The predicted molar refractivity (Wildman–Crippen MR) is 71.0 cm³/mol. The molecule has 5 nitrogen and oxygen atoms in total. The van der Waals surface area contributed by atoms with Crippen molar-refractivity contribution >= 4 is 23.5 Å². The maximum atomic E-state index is 12.1. The summed E-state index contributed by atoms with van der Waals surface area (Å²) in [5, 5.41) is 11.2. The number of cyclic esters (lactones) is 1. The van der Waals surface area contributed by atoms with Gasteiger partial charge in [-0.2, -0.15) is 0 Å². The first kappa shape index (κ1) is 14.6. The Balaban J connectivity index is 2.43. The van der Waals surface area contributed by atoms with Crippen LogP contribution in [0.2, 0.25) is 5.02 Å². The zero-order chi connectivity index (χ0) is 14.8. The Hall–Kier alpha value is -1.85. The largest absolute Gasteiger partial charge is 0.463 e. The molecule has 0 bridgehead atoms. The van der Waals surface area contributed by atoms with Crippen LogP contribution in [-0.4, -0.2) is 29.8 Å². The number of ether oxygens (including phenoxy) is 2. The number of esters is 2. The van der Waals surface area contributed by atoms with Crippen LogP contribution in [0, 0.1) is 0 Å². The molecule has 1 aliphatic heterocycles. The van der Waals surface area contributed by atoms with Gasteiger partial charge in [-0.3, -0.25) is 0 Å². The van der Waals surface area contributed by atoms with E-state index in [1.54, 1.807) is 6.92 Å². The SMILES string of the molecule is CCOC(=O)[C@](O)(c1ccc(Cl)cc1)[C@@H]1C=CC(=O)O1. The molecule has 0 fully saturated rings. The molecule has 1 N–H and O–H groups in total. The summed E-state index contributed by atoms with van der Waals surface area (Å²) in [6, 6.07) is 6.03. The lowest BCUT2D eigenvalue weighted by Crippen LogP contribution is -2.47. The summed E-state index contributed by atoms with van der Waals surface area (Å²) in [4.78, 5) is 23.3. The average molecular weight is 297 g/mol. The number of rotatable bonds is 4. The highest BCUT2D eigenvalue weighted by Crippen LogP contribution is 2.32. The van der Waals surface area contributed by atoms with E-state index in [2.05, 4.69) is 0 Å². The van der Waals surface area contributed by atoms with Gasteiger partial charge in [-0.1, -0.05) is 23.7 Å². The van der Waals surface area contributed by atoms with Crippen LogP contribution < -0.4 is 0 Å². The first-order chi connectivity index (χ1) is 9.48. The summed E-state index contributed by atoms with van der Waals surface area (Å²) in [6.07, 6.45) is 1.36. The van der Waals surface area contributed by atoms with E-state index in [4.69, 9.17) is 21.1 Å². The molecule has 0 unspecified atom stereocenters. The van der Waals surface area contributed by atoms with Gasteiger partial charge in [0.15, 0.2) is 6.10 Å². The van der Waals surface area contributed by atoms with Crippen LogP contribution in [0.3, 0.4) is 0 Å². The fraction of sp³-hybridized carbons (Fsp3) is 0.286. The molecule has 2 atom stereocenters. The van der Waals surface area contributed by atoms with Crippen LogP contribution in [0.4, 0.5) is 0 Å². The summed E-state index contributed by atoms with van der Waals surface area (Å²) in [5.74, 6) is -1.50. The zero-order valence-electron chi connectivity index (χ0n) is 10.7. The molecule has 0 aliphatic carbocycles. The monoisotopic (exact) mass is 296 g/mol. The highest BCUT2D eigenvalue weighted by atomic mass is 35.5. The molecule has 0 radical (unpaired) electrons. The van der Waals surface area contributed by atoms with Crippen molar-refractivity contribution in [2.24, 2.45) is 0 Å². The minimum atomic E-state index is -2.09. The Bertz CT molecular complexity index is 551. The molecular formula is C14H13ClO5. The summed E-state index contributed by atoms with van der Waals surface area (Å²) >= 11 is 5.79. The number of hydrogen-bond acceptors (Lipinski definition) is 5. The van der Waals surface area contributed by atoms with Crippen molar-refractivity contribution in [1.29, 1.82) is 0 Å². The van der Waals surface area contributed by atoms with Crippen molar-refractivity contribution in [3.8, 4) is 0 Å². The molecule has 0 saturated carbocycles. The molecule has 0 aromatic heterocycles. The molecule has 0 saturated heterocycles. The van der Waals surface area contributed by atoms with Gasteiger partial charge < -0.3 is 14.6 Å². The van der Waals surface area contributed by atoms with E-state index in [0.717, 1.165) is 6.08 Å². The topological polar surface area (TPSA) is 72.8 Å². The molecule has 6 heteroatoms. The number of hydrogen-bond donors (Lipinski definition) is 1. The number of aliphatic hydroxyl groups is 1. The molecule has 106 valence electrons. The summed E-state index contributed by atoms with van der Waals surface area (Å²) < 4.78 is 9.84. The van der Waals surface area contributed by atoms with Crippen molar-refractivity contribution < 1.29 is 24.2 Å². The molecule has 0 amide bonds. The number of carbonyl (C=O) groups is 2. The van der Waals surface area contributed by atoms with Crippen molar-refractivity contribution in [1.82, 2.24) is 0 Å². The summed E-state index contributed by atoms with van der Waals surface area (Å²) in [6.45, 7) is 1.72. The highest BCUT2D eigenvalue weighted by Gasteiger charge is 2.49. The quantitative estimate of drug-likeness (QED) is 0.854. The normalized spacial score (nSPS) is 20.4. The van der Waals surface area contributed by atoms with Crippen LogP contribution >= 0.6 is 11.6 Å². The molecule has 2 rings (SSSR count). The second-order valence-electron chi connectivity index (χ2n) is 4.21. The van der Waals surface area contributed by atoms with E-state index in [0.29, 0.717) is 5.02 Å². The first-order valence-corrected chi connectivity index (χ1v) is 6.40. The molecule has 20 heavy (non-hydrogen) atoms. The Morgan fingerprint density at radius 2 is 2.10 bits per heavy atom. The lowest BCUT2D eigenvalue weighted by molar-refractivity contribution is -0.181. The number of carbonyl (C=O) groups excluding carboxylic acids is 2. The maximum Gasteiger partial charge on any atom is 0.347 e. The standard InChI is InChI=1S/C14H13ClO5/c1-2-19-13(17)14(18,11-7-8-12(16)20-11)9-3-5-10(15)6-4-9/h3-8,11,18H,2H2,1H3/t11-,14-/m0/s1. The van der Waals surface area contributed by atoms with Gasteiger partial charge in [0.05, 0.1) is 6.61 Å². The van der Waals surface area contributed by atoms with Crippen LogP contribution in [0.1, 0.15) is 12.5 Å². The predicted octanol–water partition coefficient (Wildman–Crippen LogP) is 1.57. The van der Waals surface area contributed by atoms with Crippen LogP contribution in [-0.2, 0) is 24.7 Å². The minimum Gasteiger partial charge on any atom is -0.463 e. The van der Waals surface area contributed by atoms with E-state index in [1.165, 1.54) is 30.3 Å². The zero-order valence-corrected chi connectivity index (χ0v) is 11.5. The molecule has 1 aromatic rings. The molecule has 1 heterocycles. The fourth-order valence-corrected chi connectivity index (χ4v) is 2.06. The maximum absolute atomic E-state index is 12.1. The first-order valence-electron chi connectivity index (χ1n) is 6.03. The van der Waals surface area contributed by atoms with Gasteiger partial charge in [-0.05, 0) is 30.7 Å². The molecule has 0 spiro atoms. The summed E-state index contributed by atoms with van der Waals surface area (Å²) in [7, 11) is 0. The molecule has 1 aliphatic rings. The Morgan fingerprint density at radius 1 is 1.45 bits per heavy atom. The highest BCUT2D eigenvalue weighted by molar-refractivity contribution is 6.30. The van der Waals surface area contributed by atoms with E-state index in [1.807, 2.05) is 0 Å². The van der Waals surface area contributed by atoms with Crippen LogP contribution in [0.15, 0.2) is 36.4 Å². The van der Waals surface area contributed by atoms with Gasteiger partial charge in [0.25, 0.3) is 0 Å². The van der Waals surface area contributed by atoms with Gasteiger partial charge in [0.1, 0.15) is 0 Å². The van der Waals surface area contributed by atoms with Crippen molar-refractivity contribution in [3.63, 3.8) is 0 Å². The van der Waals surface area contributed by atoms with Crippen molar-refractivity contribution in [3.05, 3.63) is 47.0 Å². The van der Waals surface area contributed by atoms with Crippen LogP contribution in [0.5, 0.6) is 0 Å². The van der Waals surface area contributed by atoms with Gasteiger partial charge in [0, 0.05) is 11.1 Å². The second-order valence-corrected chi connectivity index (χ2v) is 4.65. The smallest absolute Gasteiger partial charge is 0.347 e. The van der Waals surface area contributed by atoms with Gasteiger partial charge in [-0.25, -0.2) is 9.59 Å². The Morgan fingerprint density at radius 3 is 2.60 bits per heavy atom. The lowest BCUT2D eigenvalue weighted by atomic mass is 9.88. The third kappa shape index (κ3) is 2.55. The third-order valence-electron chi connectivity index (χ3n) is 2.93. The number of halogens is 1. The minimum absolute atomic E-state index is 0.0963. The Kier molecular flexibility index (Phi) is 4.11. The van der Waals surface area contributed by atoms with E-state index in [-0.39, 0.29) is 12.2 Å². The van der Waals surface area contributed by atoms with E-state index in [9.17, 15) is 14.7 Å². The number of benzene rings is 1. The fourth-order valence-electron chi connectivity index (χ4n) is 1.94. The van der Waals surface area contributed by atoms with Gasteiger partial charge >= 0.3 is 11.9 Å². The third-order valence-corrected chi connectivity index (χ3v) is 3.18. The van der Waals surface area contributed by atoms with Crippen LogP contribution in [0.25, 0.3) is 0 Å². The molecule has 1 aromatic carbocycles. The van der Waals surface area contributed by atoms with Crippen molar-refractivity contribution in [2.45, 2.75) is 18.6 Å². The van der Waals surface area contributed by atoms with E-state index < -0.39 is 23.6 Å². The van der Waals surface area contributed by atoms with Gasteiger partial charge in [-0.15, -0.1) is 0 Å². The second kappa shape index (κ2) is 5.64. The lowest BCUT2D eigenvalue weighted by Gasteiger charge is -2.30. The van der Waals surface area contributed by atoms with Gasteiger partial charge in [0.2, 0.25) is 5.60 Å². The summed E-state index contributed by atoms with van der Waals surface area (Å²) in [5.41, 5.74) is -1.85.